The van der Waals surface area contributed by atoms with Crippen LogP contribution in [0.4, 0.5) is 0 Å². The molecule has 4 heavy (non-hydrogen) atoms. The molecule has 0 amide bonds. The van der Waals surface area contributed by atoms with Gasteiger partial charge in [-0.05, 0) is 0 Å². The van der Waals surface area contributed by atoms with Crippen LogP contribution in [0, 0.1) is 0 Å². The van der Waals surface area contributed by atoms with E-state index in [0.717, 1.165) is 22.7 Å². The molecule has 0 aliphatic carbocycles. The smallest absolute Gasteiger partial charge is 0 e. The second-order valence-electron chi connectivity index (χ2n) is 0. The second kappa shape index (κ2) is 17.0. The fourth-order valence-corrected chi connectivity index (χ4v) is 0. The first kappa shape index (κ1) is 15.8. The molecule has 0 nitrogen and oxygen atoms in total. The first-order valence-electron chi connectivity index (χ1n) is 0.289. The minimum Gasteiger partial charge on any atom is 0 e. The summed E-state index contributed by atoms with van der Waals surface area (Å²) in [6.45, 7) is 0. The summed E-state index contributed by atoms with van der Waals surface area (Å²) < 4.78 is 0. The van der Waals surface area contributed by atoms with Crippen LogP contribution in [0.1, 0.15) is 0 Å². The van der Waals surface area contributed by atoms with Crippen molar-refractivity contribution in [2.75, 3.05) is 0 Å². The Morgan fingerprint density at radius 1 is 1.25 bits per heavy atom. The average Bonchev–Trinajstić information content (AvgIpc) is 1.00. The number of rotatable bonds is 0. The maximum atomic E-state index is 2.80. The molecule has 0 rings (SSSR count). The predicted octanol–water partition coefficient (Wildman–Crippen LogP) is -1.30. The van der Waals surface area contributed by atoms with Gasteiger partial charge in [-0.2, -0.15) is 0 Å². The Kier molecular flexibility index (Phi) is 67.2. The zero-order chi connectivity index (χ0) is 2.00. The fraction of sp³-hybridized carbons (Fsp3) is 0. The molecule has 0 bridgehead atoms. The van der Waals surface area contributed by atoms with E-state index in [4.69, 9.17) is 0 Å². The van der Waals surface area contributed by atoms with Gasteiger partial charge in [-0.1, -0.05) is 0 Å². The van der Waals surface area contributed by atoms with Crippen LogP contribution in [-0.4, -0.2) is 34.5 Å². The number of hydrogen-bond donors (Lipinski definition) is 0. The Morgan fingerprint density at radius 3 is 1.25 bits per heavy atom. The molecule has 0 aromatic rings. The molecule has 0 fully saturated rings. The molecule has 0 saturated heterocycles. The van der Waals surface area contributed by atoms with E-state index >= 15 is 0 Å². The van der Waals surface area contributed by atoms with Crippen LogP contribution in [0.15, 0.2) is 0 Å². The van der Waals surface area contributed by atoms with Gasteiger partial charge in [0.2, 0.25) is 0 Å². The topological polar surface area (TPSA) is 0 Å². The average molecular weight is 283 g/mol. The monoisotopic (exact) mass is 284 g/mol. The van der Waals surface area contributed by atoms with E-state index in [0.29, 0.717) is 0 Å². The zero-order valence-electron chi connectivity index (χ0n) is 1.82. The Bertz CT molecular complexity index is 8.00. The van der Waals surface area contributed by atoms with Crippen molar-refractivity contribution in [3.8, 4) is 0 Å². The summed E-state index contributed by atoms with van der Waals surface area (Å²) >= 11 is 3.82. The van der Waals surface area contributed by atoms with E-state index in [2.05, 4.69) is 11.5 Å². The molecule has 0 aliphatic heterocycles. The van der Waals surface area contributed by atoms with Gasteiger partial charge in [-0.15, -0.1) is 0 Å². The predicted molar refractivity (Wildman–Crippen MR) is 14.3 cm³/mol. The third-order valence-electron chi connectivity index (χ3n) is 0. The Hall–Kier alpha value is 2.83. The molecule has 0 atom stereocenters. The molecule has 14 valence electrons. The normalized spacial score (nSPS) is 1.50. The van der Waals surface area contributed by atoms with Crippen molar-refractivity contribution in [1.82, 2.24) is 0 Å². The molecule has 4 heteroatoms. The first-order chi connectivity index (χ1) is 1.00. The zero-order valence-corrected chi connectivity index (χ0v) is 10.5. The van der Waals surface area contributed by atoms with E-state index in [9.17, 15) is 0 Å². The van der Waals surface area contributed by atoms with Crippen molar-refractivity contribution in [3.63, 3.8) is 0 Å². The molecule has 0 spiro atoms. The van der Waals surface area contributed by atoms with Crippen LogP contribution in [0.25, 0.3) is 0 Å². The summed E-state index contributed by atoms with van der Waals surface area (Å²) in [7, 11) is 0. The van der Waals surface area contributed by atoms with Gasteiger partial charge >= 0.3 is 57.2 Å². The maximum Gasteiger partial charge on any atom is 0 e. The molecular formula is H2CdMgSeZn. The third kappa shape index (κ3) is 8.85. The van der Waals surface area contributed by atoms with Crippen molar-refractivity contribution in [2.45, 2.75) is 0 Å². The summed E-state index contributed by atoms with van der Waals surface area (Å²) in [4.78, 5) is 0. The summed E-state index contributed by atoms with van der Waals surface area (Å²) in [5, 5.41) is 0. The number of hydrogen-bond acceptors (Lipinski definition) is 0. The van der Waals surface area contributed by atoms with Gasteiger partial charge in [0.15, 0.2) is 0 Å². The first-order valence-corrected chi connectivity index (χ1v) is 10.1. The second-order valence-corrected chi connectivity index (χ2v) is 0. The summed E-state index contributed by atoms with van der Waals surface area (Å²) in [5.74, 6) is 0. The minimum absolute atomic E-state index is 0. The molecule has 0 aliphatic rings. The van der Waals surface area contributed by atoms with E-state index in [1.807, 2.05) is 0 Å². The molecule has 0 saturated carbocycles. The van der Waals surface area contributed by atoms with Gasteiger partial charge in [0.05, 0.1) is 0 Å². The molecule has 0 unspecified atom stereocenters. The van der Waals surface area contributed by atoms with Crippen LogP contribution < -0.4 is 0 Å². The summed E-state index contributed by atoms with van der Waals surface area (Å²) in [6.07, 6.45) is 0. The van der Waals surface area contributed by atoms with Crippen LogP contribution in [0.5, 0.6) is 0 Å². The van der Waals surface area contributed by atoms with Gasteiger partial charge in [0, 0.05) is 19.5 Å². The van der Waals surface area contributed by atoms with Gasteiger partial charge < -0.3 is 0 Å². The van der Waals surface area contributed by atoms with E-state index < -0.39 is 0 Å². The summed E-state index contributed by atoms with van der Waals surface area (Å²) in [5.41, 5.74) is 0. The van der Waals surface area contributed by atoms with Crippen LogP contribution in [0.2, 0.25) is 0 Å². The molecule has 0 heterocycles. The SMILES string of the molecule is [MgH2].[Se]=[Cd].[Zn]. The van der Waals surface area contributed by atoms with Gasteiger partial charge in [0.1, 0.15) is 0 Å². The molecular weight excluding hydrogens is 281 g/mol. The van der Waals surface area contributed by atoms with Crippen molar-refractivity contribution < 1.29 is 42.2 Å². The van der Waals surface area contributed by atoms with Crippen molar-refractivity contribution in [2.24, 2.45) is 0 Å². The largest absolute Gasteiger partial charge is 0 e. The quantitative estimate of drug-likeness (QED) is 0.485. The minimum atomic E-state index is 0. The Morgan fingerprint density at radius 2 is 1.25 bits per heavy atom. The molecule has 0 radical (unpaired) electrons. The van der Waals surface area contributed by atoms with E-state index in [-0.39, 0.29) is 42.5 Å². The Labute approximate surface area is 75.2 Å². The maximum absolute atomic E-state index is 2.80. The molecule has 0 aromatic carbocycles. The van der Waals surface area contributed by atoms with Gasteiger partial charge in [0.25, 0.3) is 0 Å². The van der Waals surface area contributed by atoms with E-state index in [1.165, 1.54) is 0 Å². The van der Waals surface area contributed by atoms with Gasteiger partial charge in [-0.25, -0.2) is 0 Å². The molecule has 0 aromatic heterocycles. The fourth-order valence-electron chi connectivity index (χ4n) is 0. The summed E-state index contributed by atoms with van der Waals surface area (Å²) in [6, 6.07) is 0. The van der Waals surface area contributed by atoms with Crippen LogP contribution in [-0.2, 0) is 42.2 Å². The van der Waals surface area contributed by atoms with Crippen molar-refractivity contribution in [3.05, 3.63) is 0 Å². The van der Waals surface area contributed by atoms with Crippen molar-refractivity contribution >= 4 is 34.5 Å². The standard InChI is InChI=1S/Cd.Mg.Se.Zn.2H. The van der Waals surface area contributed by atoms with E-state index in [1.54, 1.807) is 0 Å². The van der Waals surface area contributed by atoms with Crippen molar-refractivity contribution in [1.29, 1.82) is 0 Å². The van der Waals surface area contributed by atoms with Crippen LogP contribution in [0.3, 0.4) is 0 Å². The third-order valence-corrected chi connectivity index (χ3v) is 0. The van der Waals surface area contributed by atoms with Gasteiger partial charge in [-0.3, -0.25) is 0 Å². The van der Waals surface area contributed by atoms with Crippen LogP contribution >= 0.6 is 0 Å². The Balaban J connectivity index is -0.00000000500. The molecule has 0 N–H and O–H groups in total.